The van der Waals surface area contributed by atoms with Crippen molar-refractivity contribution < 1.29 is 39.2 Å². The van der Waals surface area contributed by atoms with Gasteiger partial charge in [-0.2, -0.15) is 0 Å². The molecule has 2 amide bonds. The van der Waals surface area contributed by atoms with E-state index in [1.165, 1.54) is 12.0 Å². The molecule has 2 saturated heterocycles. The largest absolute Gasteiger partial charge is 0.508 e. The van der Waals surface area contributed by atoms with E-state index in [2.05, 4.69) is 15.9 Å². The molecule has 3 aliphatic rings. The van der Waals surface area contributed by atoms with Gasteiger partial charge in [-0.25, -0.2) is 0 Å². The van der Waals surface area contributed by atoms with Crippen LogP contribution in [-0.4, -0.2) is 64.1 Å². The molecule has 9 nitrogen and oxygen atoms in total. The van der Waals surface area contributed by atoms with Gasteiger partial charge in [0.1, 0.15) is 5.75 Å². The summed E-state index contributed by atoms with van der Waals surface area (Å²) in [5, 5.41) is 30.9. The van der Waals surface area contributed by atoms with Crippen molar-refractivity contribution in [3.63, 3.8) is 0 Å². The van der Waals surface area contributed by atoms with Crippen LogP contribution in [0.2, 0.25) is 0 Å². The van der Waals surface area contributed by atoms with Crippen LogP contribution in [0.25, 0.3) is 0 Å². The van der Waals surface area contributed by atoms with Gasteiger partial charge in [0.2, 0.25) is 11.8 Å². The molecule has 0 aromatic heterocycles. The summed E-state index contributed by atoms with van der Waals surface area (Å²) < 4.78 is 12.2. The van der Waals surface area contributed by atoms with Gasteiger partial charge in [0, 0.05) is 41.9 Å². The second kappa shape index (κ2) is 9.93. The third-order valence-corrected chi connectivity index (χ3v) is 7.93. The van der Waals surface area contributed by atoms with Crippen LogP contribution in [-0.2, 0) is 23.9 Å². The number of likely N-dealkylation sites (tertiary alicyclic amines) is 1. The lowest BCUT2D eigenvalue weighted by molar-refractivity contribution is -0.275. The molecule has 0 spiro atoms. The summed E-state index contributed by atoms with van der Waals surface area (Å²) in [5.74, 6) is -5.44. The quantitative estimate of drug-likeness (QED) is 0.322. The minimum atomic E-state index is -1.66. The van der Waals surface area contributed by atoms with E-state index in [0.717, 1.165) is 4.47 Å². The van der Waals surface area contributed by atoms with Crippen molar-refractivity contribution in [3.8, 4) is 5.75 Å². The number of carbonyl (C=O) groups is 3. The summed E-state index contributed by atoms with van der Waals surface area (Å²) in [5.41, 5.74) is 0.511. The molecule has 4 rings (SSSR count). The smallest absolute Gasteiger partial charge is 0.303 e. The zero-order chi connectivity index (χ0) is 24.6. The highest BCUT2D eigenvalue weighted by Gasteiger charge is 2.66. The molecule has 0 radical (unpaired) electrons. The molecular formula is C24H30BrNO8. The Bertz CT molecular complexity index is 970. The number of halogens is 1. The fourth-order valence-electron chi connectivity index (χ4n) is 5.86. The van der Waals surface area contributed by atoms with Crippen LogP contribution in [0.1, 0.15) is 50.2 Å². The Kier molecular flexibility index (Phi) is 7.33. The molecule has 10 heteroatoms. The molecule has 3 fully saturated rings. The van der Waals surface area contributed by atoms with Crippen LogP contribution in [0, 0.1) is 23.7 Å². The summed E-state index contributed by atoms with van der Waals surface area (Å²) in [6.07, 6.45) is 1.59. The predicted octanol–water partition coefficient (Wildman–Crippen LogP) is 2.83. The number of carbonyl (C=O) groups excluding carboxylic acids is 2. The lowest BCUT2D eigenvalue weighted by atomic mass is 9.64. The fraction of sp³-hybridized carbons (Fsp3) is 0.625. The number of carboxylic acid groups (broad SMARTS) is 1. The number of aliphatic hydroxyl groups is 1. The summed E-state index contributed by atoms with van der Waals surface area (Å²) in [4.78, 5) is 38.6. The summed E-state index contributed by atoms with van der Waals surface area (Å²) in [7, 11) is 1.52. The van der Waals surface area contributed by atoms with Gasteiger partial charge in [-0.15, -0.1) is 0 Å². The van der Waals surface area contributed by atoms with Crippen molar-refractivity contribution in [3.05, 3.63) is 28.2 Å². The van der Waals surface area contributed by atoms with Gasteiger partial charge < -0.3 is 24.8 Å². The third-order valence-electron chi connectivity index (χ3n) is 7.43. The Labute approximate surface area is 206 Å². The van der Waals surface area contributed by atoms with E-state index in [4.69, 9.17) is 14.6 Å². The summed E-state index contributed by atoms with van der Waals surface area (Å²) in [6.45, 7) is 0.408. The maximum atomic E-state index is 13.4. The number of benzene rings is 1. The predicted molar refractivity (Wildman–Crippen MR) is 122 cm³/mol. The molecule has 0 unspecified atom stereocenters. The van der Waals surface area contributed by atoms with Crippen molar-refractivity contribution in [1.82, 2.24) is 4.90 Å². The number of nitrogens with zero attached hydrogens (tertiary/aromatic N) is 1. The number of phenols is 1. The highest BCUT2D eigenvalue weighted by molar-refractivity contribution is 9.10. The number of imide groups is 1. The first kappa shape index (κ1) is 25.1. The zero-order valence-electron chi connectivity index (χ0n) is 19.0. The summed E-state index contributed by atoms with van der Waals surface area (Å²) >= 11 is 3.40. The molecule has 2 aliphatic heterocycles. The molecule has 1 aliphatic carbocycles. The van der Waals surface area contributed by atoms with E-state index >= 15 is 0 Å². The second-order valence-corrected chi connectivity index (χ2v) is 10.4. The van der Waals surface area contributed by atoms with Gasteiger partial charge >= 0.3 is 5.97 Å². The van der Waals surface area contributed by atoms with Crippen LogP contribution in [0.15, 0.2) is 22.7 Å². The van der Waals surface area contributed by atoms with E-state index < -0.39 is 41.5 Å². The Morgan fingerprint density at radius 1 is 1.24 bits per heavy atom. The number of amides is 2. The maximum Gasteiger partial charge on any atom is 0.303 e. The molecule has 1 saturated carbocycles. The number of methoxy groups -OCH3 is 1. The minimum absolute atomic E-state index is 0.0344. The lowest BCUT2D eigenvalue weighted by Crippen LogP contribution is -2.54. The Morgan fingerprint density at radius 3 is 2.71 bits per heavy atom. The Morgan fingerprint density at radius 2 is 2.00 bits per heavy atom. The highest BCUT2D eigenvalue weighted by Crippen LogP contribution is 2.58. The zero-order valence-corrected chi connectivity index (χ0v) is 20.6. The van der Waals surface area contributed by atoms with Crippen LogP contribution in [0.3, 0.4) is 0 Å². The molecule has 3 N–H and O–H groups in total. The molecule has 1 aromatic rings. The number of carboxylic acids is 1. The van der Waals surface area contributed by atoms with Crippen LogP contribution >= 0.6 is 15.9 Å². The van der Waals surface area contributed by atoms with Gasteiger partial charge in [-0.05, 0) is 43.9 Å². The van der Waals surface area contributed by atoms with Crippen LogP contribution < -0.4 is 0 Å². The standard InChI is InChI=1S/C24H30BrNO8/c1-33-12-13-9-16-21(23(31)26(22(16)30)8-4-2-3-5-20(28)29)17-11-19(34-24(13,17)32)15-10-14(25)6-7-18(15)27/h6-7,10,13,16-17,19,21,27,32H,2-5,8-9,11-12H2,1H3,(H,28,29)/t13-,16+,17+,19+,21+,24-/m1/s1. The van der Waals surface area contributed by atoms with Gasteiger partial charge in [-0.3, -0.25) is 19.3 Å². The van der Waals surface area contributed by atoms with Gasteiger partial charge in [-0.1, -0.05) is 22.4 Å². The van der Waals surface area contributed by atoms with Crippen molar-refractivity contribution in [2.75, 3.05) is 20.3 Å². The first-order chi connectivity index (χ1) is 16.2. The van der Waals surface area contributed by atoms with Crippen molar-refractivity contribution >= 4 is 33.7 Å². The topological polar surface area (TPSA) is 134 Å². The van der Waals surface area contributed by atoms with Crippen molar-refractivity contribution in [2.45, 2.75) is 50.4 Å². The number of fused-ring (bicyclic) bond motifs is 3. The molecule has 2 heterocycles. The first-order valence-corrected chi connectivity index (χ1v) is 12.4. The molecule has 186 valence electrons. The Balaban J connectivity index is 1.56. The van der Waals surface area contributed by atoms with E-state index in [-0.39, 0.29) is 50.0 Å². The molecule has 34 heavy (non-hydrogen) atoms. The first-order valence-electron chi connectivity index (χ1n) is 11.6. The average molecular weight is 540 g/mol. The number of hydrogen-bond donors (Lipinski definition) is 3. The number of ether oxygens (including phenoxy) is 2. The normalized spacial score (nSPS) is 32.7. The van der Waals surface area contributed by atoms with Crippen LogP contribution in [0.5, 0.6) is 5.75 Å². The monoisotopic (exact) mass is 539 g/mol. The van der Waals surface area contributed by atoms with E-state index in [0.29, 0.717) is 24.8 Å². The van der Waals surface area contributed by atoms with Crippen molar-refractivity contribution in [1.29, 1.82) is 0 Å². The molecule has 0 bridgehead atoms. The third kappa shape index (κ3) is 4.48. The Hall–Kier alpha value is -2.01. The molecule has 6 atom stereocenters. The highest BCUT2D eigenvalue weighted by atomic mass is 79.9. The molecule has 1 aromatic carbocycles. The number of rotatable bonds is 9. The van der Waals surface area contributed by atoms with Gasteiger partial charge in [0.15, 0.2) is 5.79 Å². The number of phenolic OH excluding ortho intramolecular Hbond substituents is 1. The minimum Gasteiger partial charge on any atom is -0.508 e. The average Bonchev–Trinajstić information content (AvgIpc) is 3.25. The van der Waals surface area contributed by atoms with E-state index in [1.54, 1.807) is 18.2 Å². The van der Waals surface area contributed by atoms with Gasteiger partial charge in [0.05, 0.1) is 24.5 Å². The maximum absolute atomic E-state index is 13.4. The van der Waals surface area contributed by atoms with Crippen LogP contribution in [0.4, 0.5) is 0 Å². The van der Waals surface area contributed by atoms with E-state index in [9.17, 15) is 24.6 Å². The van der Waals surface area contributed by atoms with Gasteiger partial charge in [0.25, 0.3) is 0 Å². The number of unbranched alkanes of at least 4 members (excludes halogenated alkanes) is 2. The number of hydrogen-bond acceptors (Lipinski definition) is 7. The fourth-order valence-corrected chi connectivity index (χ4v) is 6.24. The van der Waals surface area contributed by atoms with E-state index in [1.807, 2.05) is 0 Å². The molecular weight excluding hydrogens is 510 g/mol. The second-order valence-electron chi connectivity index (χ2n) is 9.46. The number of aromatic hydroxyl groups is 1. The number of aliphatic carboxylic acids is 1. The van der Waals surface area contributed by atoms with Crippen molar-refractivity contribution in [2.24, 2.45) is 23.7 Å². The SMILES string of the molecule is COC[C@H]1C[C@@H]2C(=O)N(CCCCCC(=O)O)C(=O)[C@@H]2[C@@H]2C[C@@H](c3cc(Br)ccc3O)O[C@]12O. The summed E-state index contributed by atoms with van der Waals surface area (Å²) in [6, 6.07) is 4.97. The lowest BCUT2D eigenvalue weighted by Gasteiger charge is -2.44.